The van der Waals surface area contributed by atoms with Crippen LogP contribution in [-0.4, -0.2) is 29.3 Å². The van der Waals surface area contributed by atoms with Gasteiger partial charge in [0.05, 0.1) is 0 Å². The van der Waals surface area contributed by atoms with Crippen molar-refractivity contribution >= 4 is 5.95 Å². The van der Waals surface area contributed by atoms with Crippen LogP contribution in [0, 0.1) is 11.8 Å². The summed E-state index contributed by atoms with van der Waals surface area (Å²) < 4.78 is 5.37. The number of piperidine rings is 1. The fraction of sp³-hybridized carbons (Fsp3) is 0.529. The maximum atomic E-state index is 5.37. The number of aromatic nitrogens is 2. The summed E-state index contributed by atoms with van der Waals surface area (Å²) in [6, 6.07) is 10.4. The summed E-state index contributed by atoms with van der Waals surface area (Å²) in [6.45, 7) is 2.35. The summed E-state index contributed by atoms with van der Waals surface area (Å²) >= 11 is 0. The average Bonchev–Trinajstić information content (AvgIpc) is 3.04. The molecule has 1 aromatic heterocycles. The molecule has 1 aliphatic heterocycles. The second kappa shape index (κ2) is 6.08. The molecule has 3 atom stereocenters. The van der Waals surface area contributed by atoms with Crippen LogP contribution >= 0.6 is 0 Å². The number of fused-ring (bicyclic) bond motifs is 1. The van der Waals surface area contributed by atoms with Crippen molar-refractivity contribution in [3.8, 4) is 11.5 Å². The zero-order valence-electron chi connectivity index (χ0n) is 12.7. The van der Waals surface area contributed by atoms with Gasteiger partial charge in [0, 0.05) is 11.6 Å². The van der Waals surface area contributed by atoms with E-state index in [0.717, 1.165) is 23.9 Å². The summed E-state index contributed by atoms with van der Waals surface area (Å²) in [6.07, 6.45) is 5.00. The van der Waals surface area contributed by atoms with E-state index in [-0.39, 0.29) is 0 Å². The molecule has 1 aromatic carbocycles. The van der Waals surface area contributed by atoms with Crippen LogP contribution in [-0.2, 0) is 0 Å². The standard InChI is InChI=1S/C17H22N4O/c1-2-4-12(5-3-1)16-20-17(21-22-16)19-15-7-6-14-11-18-9-8-13(14)10-15/h1-5,13-15,18H,6-11H2,(H,19,21). The first kappa shape index (κ1) is 13.8. The van der Waals surface area contributed by atoms with Crippen LogP contribution in [0.5, 0.6) is 0 Å². The second-order valence-corrected chi connectivity index (χ2v) is 6.46. The molecule has 2 heterocycles. The Morgan fingerprint density at radius 3 is 2.91 bits per heavy atom. The first-order chi connectivity index (χ1) is 10.9. The zero-order valence-corrected chi connectivity index (χ0v) is 12.7. The Morgan fingerprint density at radius 1 is 1.09 bits per heavy atom. The van der Waals surface area contributed by atoms with E-state index >= 15 is 0 Å². The molecule has 0 radical (unpaired) electrons. The van der Waals surface area contributed by atoms with Crippen LogP contribution in [0.3, 0.4) is 0 Å². The van der Waals surface area contributed by atoms with Crippen molar-refractivity contribution in [2.75, 3.05) is 18.4 Å². The Morgan fingerprint density at radius 2 is 2.00 bits per heavy atom. The molecule has 2 aromatic rings. The number of rotatable bonds is 3. The van der Waals surface area contributed by atoms with Gasteiger partial charge >= 0.3 is 0 Å². The molecule has 0 amide bonds. The highest BCUT2D eigenvalue weighted by molar-refractivity contribution is 5.53. The molecule has 5 heteroatoms. The van der Waals surface area contributed by atoms with Crippen LogP contribution < -0.4 is 10.6 Å². The third-order valence-corrected chi connectivity index (χ3v) is 5.02. The van der Waals surface area contributed by atoms with Gasteiger partial charge in [-0.25, -0.2) is 0 Å². The van der Waals surface area contributed by atoms with E-state index < -0.39 is 0 Å². The van der Waals surface area contributed by atoms with Crippen molar-refractivity contribution in [1.29, 1.82) is 0 Å². The van der Waals surface area contributed by atoms with E-state index in [0.29, 0.717) is 17.9 Å². The van der Waals surface area contributed by atoms with E-state index in [1.54, 1.807) is 0 Å². The number of hydrogen-bond donors (Lipinski definition) is 2. The first-order valence-corrected chi connectivity index (χ1v) is 8.25. The van der Waals surface area contributed by atoms with E-state index in [1.165, 1.54) is 32.2 Å². The lowest BCUT2D eigenvalue weighted by Crippen LogP contribution is -2.42. The lowest BCUT2D eigenvalue weighted by Gasteiger charge is -2.39. The topological polar surface area (TPSA) is 63.0 Å². The summed E-state index contributed by atoms with van der Waals surface area (Å²) in [5, 5.41) is 11.1. The molecular formula is C17H22N4O. The SMILES string of the molecule is c1ccc(-c2nc(NC3CCC4CNCCC4C3)no2)cc1. The molecule has 1 saturated carbocycles. The van der Waals surface area contributed by atoms with Crippen LogP contribution in [0.1, 0.15) is 25.7 Å². The fourth-order valence-electron chi connectivity index (χ4n) is 3.82. The molecule has 2 N–H and O–H groups in total. The third-order valence-electron chi connectivity index (χ3n) is 5.02. The van der Waals surface area contributed by atoms with E-state index in [1.807, 2.05) is 30.3 Å². The Kier molecular flexibility index (Phi) is 3.81. The lowest BCUT2D eigenvalue weighted by atomic mass is 9.73. The van der Waals surface area contributed by atoms with Gasteiger partial charge in [0.1, 0.15) is 0 Å². The van der Waals surface area contributed by atoms with E-state index in [2.05, 4.69) is 20.8 Å². The van der Waals surface area contributed by atoms with Crippen LogP contribution in [0.15, 0.2) is 34.9 Å². The molecule has 5 nitrogen and oxygen atoms in total. The highest BCUT2D eigenvalue weighted by Gasteiger charge is 2.32. The largest absolute Gasteiger partial charge is 0.349 e. The lowest BCUT2D eigenvalue weighted by molar-refractivity contribution is 0.175. The molecule has 1 saturated heterocycles. The molecule has 3 unspecified atom stereocenters. The predicted molar refractivity (Wildman–Crippen MR) is 85.5 cm³/mol. The quantitative estimate of drug-likeness (QED) is 0.912. The monoisotopic (exact) mass is 298 g/mol. The van der Waals surface area contributed by atoms with Crippen molar-refractivity contribution in [3.05, 3.63) is 30.3 Å². The minimum absolute atomic E-state index is 0.473. The van der Waals surface area contributed by atoms with E-state index in [4.69, 9.17) is 4.52 Å². The smallest absolute Gasteiger partial charge is 0.263 e. The van der Waals surface area contributed by atoms with Crippen molar-refractivity contribution in [3.63, 3.8) is 0 Å². The number of nitrogens with zero attached hydrogens (tertiary/aromatic N) is 2. The van der Waals surface area contributed by atoms with E-state index in [9.17, 15) is 0 Å². The van der Waals surface area contributed by atoms with Gasteiger partial charge in [-0.15, -0.1) is 0 Å². The van der Waals surface area contributed by atoms with Gasteiger partial charge in [-0.1, -0.05) is 18.2 Å². The van der Waals surface area contributed by atoms with Gasteiger partial charge in [-0.2, -0.15) is 4.98 Å². The number of nitrogens with one attached hydrogen (secondary N) is 2. The third kappa shape index (κ3) is 2.86. The number of hydrogen-bond acceptors (Lipinski definition) is 5. The van der Waals surface area contributed by atoms with Crippen molar-refractivity contribution < 1.29 is 4.52 Å². The fourth-order valence-corrected chi connectivity index (χ4v) is 3.82. The van der Waals surface area contributed by atoms with Crippen LogP contribution in [0.2, 0.25) is 0 Å². The maximum absolute atomic E-state index is 5.37. The molecule has 0 spiro atoms. The average molecular weight is 298 g/mol. The van der Waals surface area contributed by atoms with Crippen LogP contribution in [0.4, 0.5) is 5.95 Å². The summed E-state index contributed by atoms with van der Waals surface area (Å²) in [7, 11) is 0. The zero-order chi connectivity index (χ0) is 14.8. The Balaban J connectivity index is 1.40. The maximum Gasteiger partial charge on any atom is 0.263 e. The van der Waals surface area contributed by atoms with Gasteiger partial charge in [0.2, 0.25) is 0 Å². The highest BCUT2D eigenvalue weighted by Crippen LogP contribution is 2.35. The van der Waals surface area contributed by atoms with Crippen molar-refractivity contribution in [1.82, 2.24) is 15.5 Å². The number of anilines is 1. The van der Waals surface area contributed by atoms with Gasteiger partial charge < -0.3 is 15.2 Å². The normalized spacial score (nSPS) is 28.1. The molecule has 2 aliphatic rings. The summed E-state index contributed by atoms with van der Waals surface area (Å²) in [4.78, 5) is 4.48. The molecule has 4 rings (SSSR count). The molecule has 0 bridgehead atoms. The predicted octanol–water partition coefficient (Wildman–Crippen LogP) is 2.93. The summed E-state index contributed by atoms with van der Waals surface area (Å²) in [5.41, 5.74) is 0.963. The first-order valence-electron chi connectivity index (χ1n) is 8.25. The van der Waals surface area contributed by atoms with Crippen molar-refractivity contribution in [2.24, 2.45) is 11.8 Å². The Labute approximate surface area is 130 Å². The van der Waals surface area contributed by atoms with Gasteiger partial charge in [-0.3, -0.25) is 0 Å². The number of benzene rings is 1. The minimum Gasteiger partial charge on any atom is -0.349 e. The highest BCUT2D eigenvalue weighted by atomic mass is 16.5. The molecule has 2 fully saturated rings. The molecule has 1 aliphatic carbocycles. The van der Waals surface area contributed by atoms with Crippen molar-refractivity contribution in [2.45, 2.75) is 31.7 Å². The molecule has 22 heavy (non-hydrogen) atoms. The Hall–Kier alpha value is -1.88. The van der Waals surface area contributed by atoms with Crippen LogP contribution in [0.25, 0.3) is 11.5 Å². The molecule has 116 valence electrons. The van der Waals surface area contributed by atoms with Gasteiger partial charge in [0.15, 0.2) is 0 Å². The molecular weight excluding hydrogens is 276 g/mol. The van der Waals surface area contributed by atoms with Gasteiger partial charge in [-0.05, 0) is 67.9 Å². The Bertz CT molecular complexity index is 612. The summed E-state index contributed by atoms with van der Waals surface area (Å²) in [5.74, 6) is 2.90. The van der Waals surface area contributed by atoms with Gasteiger partial charge in [0.25, 0.3) is 11.8 Å². The minimum atomic E-state index is 0.473. The second-order valence-electron chi connectivity index (χ2n) is 6.46.